The number of aliphatic hydroxyl groups is 1. The molecule has 15 heavy (non-hydrogen) atoms. The van der Waals surface area contributed by atoms with Crippen LogP contribution in [-0.4, -0.2) is 22.2 Å². The fourth-order valence-electron chi connectivity index (χ4n) is 1.27. The van der Waals surface area contributed by atoms with Crippen LogP contribution >= 0.6 is 0 Å². The number of nitrogens with two attached hydrogens (primary N) is 1. The number of aliphatic carboxylic acids is 1. The molecule has 82 valence electrons. The van der Waals surface area contributed by atoms with Crippen LogP contribution in [0.1, 0.15) is 24.2 Å². The van der Waals surface area contributed by atoms with Crippen molar-refractivity contribution in [2.45, 2.75) is 25.5 Å². The predicted molar refractivity (Wildman–Crippen MR) is 56.4 cm³/mol. The normalized spacial score (nSPS) is 14.6. The monoisotopic (exact) mass is 209 g/mol. The summed E-state index contributed by atoms with van der Waals surface area (Å²) < 4.78 is 0. The molecule has 1 rings (SSSR count). The van der Waals surface area contributed by atoms with Gasteiger partial charge in [0.05, 0.1) is 6.10 Å². The van der Waals surface area contributed by atoms with E-state index in [9.17, 15) is 9.90 Å². The van der Waals surface area contributed by atoms with Gasteiger partial charge >= 0.3 is 5.97 Å². The summed E-state index contributed by atoms with van der Waals surface area (Å²) in [5, 5.41) is 17.9. The van der Waals surface area contributed by atoms with Gasteiger partial charge in [-0.1, -0.05) is 24.3 Å². The fourth-order valence-corrected chi connectivity index (χ4v) is 1.27. The molecule has 0 amide bonds. The summed E-state index contributed by atoms with van der Waals surface area (Å²) >= 11 is 0. The Labute approximate surface area is 88.3 Å². The Balaban J connectivity index is 2.68. The molecule has 0 heterocycles. The van der Waals surface area contributed by atoms with E-state index in [1.807, 2.05) is 0 Å². The SMILES string of the molecule is CC(O)c1ccc(C[C@H](N)C(=O)O)cc1. The molecule has 0 aromatic heterocycles. The lowest BCUT2D eigenvalue weighted by molar-refractivity contribution is -0.138. The van der Waals surface area contributed by atoms with Crippen LogP contribution < -0.4 is 5.73 Å². The Morgan fingerprint density at radius 3 is 2.33 bits per heavy atom. The number of hydrogen-bond donors (Lipinski definition) is 3. The van der Waals surface area contributed by atoms with Gasteiger partial charge in [-0.25, -0.2) is 0 Å². The lowest BCUT2D eigenvalue weighted by atomic mass is 10.0. The molecule has 0 aliphatic carbocycles. The first-order valence-corrected chi connectivity index (χ1v) is 4.76. The second-order valence-electron chi connectivity index (χ2n) is 3.57. The highest BCUT2D eigenvalue weighted by Gasteiger charge is 2.11. The average Bonchev–Trinajstić information content (AvgIpc) is 2.18. The van der Waals surface area contributed by atoms with E-state index in [1.54, 1.807) is 31.2 Å². The highest BCUT2D eigenvalue weighted by molar-refractivity contribution is 5.73. The molecular weight excluding hydrogens is 194 g/mol. The van der Waals surface area contributed by atoms with Gasteiger partial charge in [0.15, 0.2) is 0 Å². The van der Waals surface area contributed by atoms with E-state index < -0.39 is 18.1 Å². The number of carboxylic acids is 1. The van der Waals surface area contributed by atoms with Crippen LogP contribution in [0.15, 0.2) is 24.3 Å². The van der Waals surface area contributed by atoms with E-state index in [1.165, 1.54) is 0 Å². The van der Waals surface area contributed by atoms with Gasteiger partial charge in [-0.2, -0.15) is 0 Å². The summed E-state index contributed by atoms with van der Waals surface area (Å²) in [6.45, 7) is 1.68. The van der Waals surface area contributed by atoms with Gasteiger partial charge in [-0.15, -0.1) is 0 Å². The van der Waals surface area contributed by atoms with Gasteiger partial charge in [-0.3, -0.25) is 4.79 Å². The number of rotatable bonds is 4. The third-order valence-electron chi connectivity index (χ3n) is 2.23. The van der Waals surface area contributed by atoms with Crippen LogP contribution in [0.25, 0.3) is 0 Å². The summed E-state index contributed by atoms with van der Waals surface area (Å²) in [4.78, 5) is 10.5. The predicted octanol–water partition coefficient (Wildman–Crippen LogP) is 0.694. The zero-order valence-corrected chi connectivity index (χ0v) is 8.55. The molecule has 0 radical (unpaired) electrons. The highest BCUT2D eigenvalue weighted by atomic mass is 16.4. The molecule has 0 saturated carbocycles. The van der Waals surface area contributed by atoms with Crippen molar-refractivity contribution in [1.82, 2.24) is 0 Å². The number of carboxylic acid groups (broad SMARTS) is 1. The Kier molecular flexibility index (Phi) is 3.82. The molecular formula is C11H15NO3. The molecule has 2 atom stereocenters. The van der Waals surface area contributed by atoms with Crippen molar-refractivity contribution < 1.29 is 15.0 Å². The minimum Gasteiger partial charge on any atom is -0.480 e. The first kappa shape index (κ1) is 11.7. The summed E-state index contributed by atoms with van der Waals surface area (Å²) in [6, 6.07) is 6.24. The van der Waals surface area contributed by atoms with Crippen molar-refractivity contribution in [2.24, 2.45) is 5.73 Å². The molecule has 0 spiro atoms. The average molecular weight is 209 g/mol. The van der Waals surface area contributed by atoms with E-state index in [2.05, 4.69) is 0 Å². The summed E-state index contributed by atoms with van der Waals surface area (Å²) in [7, 11) is 0. The van der Waals surface area contributed by atoms with E-state index in [0.717, 1.165) is 11.1 Å². The van der Waals surface area contributed by atoms with E-state index in [-0.39, 0.29) is 0 Å². The first-order chi connectivity index (χ1) is 7.00. The van der Waals surface area contributed by atoms with Crippen LogP contribution in [0.4, 0.5) is 0 Å². The largest absolute Gasteiger partial charge is 0.480 e. The van der Waals surface area contributed by atoms with Crippen LogP contribution in [0.3, 0.4) is 0 Å². The lowest BCUT2D eigenvalue weighted by Gasteiger charge is -2.08. The maximum Gasteiger partial charge on any atom is 0.320 e. The van der Waals surface area contributed by atoms with Gasteiger partial charge in [0.2, 0.25) is 0 Å². The van der Waals surface area contributed by atoms with Crippen LogP contribution in [0.2, 0.25) is 0 Å². The van der Waals surface area contributed by atoms with Crippen molar-refractivity contribution in [3.63, 3.8) is 0 Å². The number of aliphatic hydroxyl groups excluding tert-OH is 1. The van der Waals surface area contributed by atoms with Crippen molar-refractivity contribution in [3.8, 4) is 0 Å². The highest BCUT2D eigenvalue weighted by Crippen LogP contribution is 2.13. The molecule has 1 aromatic carbocycles. The zero-order chi connectivity index (χ0) is 11.4. The summed E-state index contributed by atoms with van der Waals surface area (Å²) in [5.74, 6) is -1.00. The Morgan fingerprint density at radius 2 is 1.93 bits per heavy atom. The van der Waals surface area contributed by atoms with E-state index >= 15 is 0 Å². The molecule has 4 nitrogen and oxygen atoms in total. The summed E-state index contributed by atoms with van der Waals surface area (Å²) in [6.07, 6.45) is -0.206. The first-order valence-electron chi connectivity index (χ1n) is 4.76. The molecule has 4 heteroatoms. The number of carbonyl (C=O) groups is 1. The van der Waals surface area contributed by atoms with Gasteiger partial charge in [0.25, 0.3) is 0 Å². The Hall–Kier alpha value is -1.39. The van der Waals surface area contributed by atoms with E-state index in [4.69, 9.17) is 10.8 Å². The molecule has 0 aliphatic rings. The molecule has 0 aliphatic heterocycles. The summed E-state index contributed by atoms with van der Waals surface area (Å²) in [5.41, 5.74) is 7.06. The fraction of sp³-hybridized carbons (Fsp3) is 0.364. The van der Waals surface area contributed by atoms with Crippen molar-refractivity contribution in [2.75, 3.05) is 0 Å². The van der Waals surface area contributed by atoms with Gasteiger partial charge < -0.3 is 15.9 Å². The molecule has 0 fully saturated rings. The molecule has 0 bridgehead atoms. The van der Waals surface area contributed by atoms with Gasteiger partial charge in [0.1, 0.15) is 6.04 Å². The smallest absolute Gasteiger partial charge is 0.320 e. The standard InChI is InChI=1S/C11H15NO3/c1-7(13)9-4-2-8(3-5-9)6-10(12)11(14)15/h2-5,7,10,13H,6,12H2,1H3,(H,14,15)/t7?,10-/m0/s1. The van der Waals surface area contributed by atoms with Crippen molar-refractivity contribution >= 4 is 5.97 Å². The topological polar surface area (TPSA) is 83.5 Å². The molecule has 0 saturated heterocycles. The van der Waals surface area contributed by atoms with Crippen molar-refractivity contribution in [3.05, 3.63) is 35.4 Å². The van der Waals surface area contributed by atoms with Crippen LogP contribution in [-0.2, 0) is 11.2 Å². The Bertz CT molecular complexity index is 332. The maximum atomic E-state index is 10.5. The molecule has 1 unspecified atom stereocenters. The third kappa shape index (κ3) is 3.34. The van der Waals surface area contributed by atoms with Gasteiger partial charge in [-0.05, 0) is 24.5 Å². The van der Waals surface area contributed by atoms with Crippen LogP contribution in [0.5, 0.6) is 0 Å². The minimum absolute atomic E-state index is 0.301. The third-order valence-corrected chi connectivity index (χ3v) is 2.23. The molecule has 4 N–H and O–H groups in total. The quantitative estimate of drug-likeness (QED) is 0.681. The number of benzene rings is 1. The van der Waals surface area contributed by atoms with E-state index in [0.29, 0.717) is 6.42 Å². The second kappa shape index (κ2) is 4.91. The van der Waals surface area contributed by atoms with Crippen molar-refractivity contribution in [1.29, 1.82) is 0 Å². The zero-order valence-electron chi connectivity index (χ0n) is 8.55. The lowest BCUT2D eigenvalue weighted by Crippen LogP contribution is -2.32. The molecule has 1 aromatic rings. The van der Waals surface area contributed by atoms with Crippen LogP contribution in [0, 0.1) is 0 Å². The van der Waals surface area contributed by atoms with Gasteiger partial charge in [0, 0.05) is 0 Å². The number of hydrogen-bond acceptors (Lipinski definition) is 3. The maximum absolute atomic E-state index is 10.5. The second-order valence-corrected chi connectivity index (χ2v) is 3.57. The minimum atomic E-state index is -1.00. The Morgan fingerprint density at radius 1 is 1.40 bits per heavy atom.